The molecule has 10 N–H and O–H groups in total. The number of hydrogen-bond acceptors (Lipinski definition) is 15. The van der Waals surface area contributed by atoms with Gasteiger partial charge in [-0.05, 0) is 217 Å². The summed E-state index contributed by atoms with van der Waals surface area (Å²) in [5.41, 5.74) is 15.5. The first-order valence-electron chi connectivity index (χ1n) is 32.9. The van der Waals surface area contributed by atoms with Crippen LogP contribution in [-0.2, 0) is 58.5 Å². The van der Waals surface area contributed by atoms with E-state index in [1.807, 2.05) is 117 Å². The molecule has 0 bridgehead atoms. The van der Waals surface area contributed by atoms with Crippen LogP contribution in [0.15, 0.2) is 189 Å². The molecule has 2 aliphatic rings. The SMILES string of the molecule is CN1CCCC1.CN1CCNCC1.CNCc1ccc(C)c(C)c1.CNCc1ccc(C)cc1.CNCc1ccc(C)cc1.CNCc1cccc(C(F)(F)F)c1.CNCc1ccccc1NC.CNCc1ccccn1.CNCc1cccnc1.CNCc1ccncc1. The lowest BCUT2D eigenvalue weighted by Gasteiger charge is -2.21. The van der Waals surface area contributed by atoms with Crippen molar-refractivity contribution in [3.8, 4) is 0 Å². The molecule has 0 unspecified atom stereocenters. The first kappa shape index (κ1) is 85.7. The van der Waals surface area contributed by atoms with E-state index in [4.69, 9.17) is 0 Å². The Kier molecular flexibility index (Phi) is 50.5. The number of likely N-dealkylation sites (N-methyl/N-ethyl adjacent to an activating group) is 1. The minimum absolute atomic E-state index is 0.448. The van der Waals surface area contributed by atoms with Crippen LogP contribution in [-0.4, -0.2) is 142 Å². The fourth-order valence-electron chi connectivity index (χ4n) is 8.86. The van der Waals surface area contributed by atoms with E-state index in [0.29, 0.717) is 12.1 Å². The van der Waals surface area contributed by atoms with Gasteiger partial charge in [-0.25, -0.2) is 0 Å². The van der Waals surface area contributed by atoms with E-state index in [1.54, 1.807) is 37.9 Å². The predicted octanol–water partition coefficient (Wildman–Crippen LogP) is 12.0. The second-order valence-corrected chi connectivity index (χ2v) is 22.8. The standard InChI is InChI=1S/C10H15N.C9H10F3N.C9H14N2.2C9H13N.3C7H10N2.C5H12N2.C5H11N/c1-8-4-5-10(7-11-3)6-9(8)2;1-13-6-7-3-2-4-8(5-7)9(10,11)12;1-10-7-8-5-3-4-6-9(8)11-2;2*1-8-3-5-9(6-4-8)7-10-2;1-8-6-7-2-4-9-5-3-7;1-8-5-7-3-2-4-9-6-7;1-8-6-7-4-2-3-5-9-7;1-7-4-2-6-3-5-7;1-6-4-2-3-5-6/h4-6,11H,7H2,1-3H3;2-5,13H,6H2,1H3;3-6,10-11H,7H2,1-2H3;2*3-6,10H,7H2,1-2H3;2-5,8H,6H2,1H3;2-4,6,8H,5H2,1H3;2-5,8H,6H2,1H3;6H,2-5H2,1H3;2-5H2,1H3. The topological polar surface area (TPSA) is 165 Å². The highest BCUT2D eigenvalue weighted by molar-refractivity contribution is 5.50. The van der Waals surface area contributed by atoms with Crippen LogP contribution in [0.2, 0.25) is 0 Å². The van der Waals surface area contributed by atoms with Crippen LogP contribution >= 0.6 is 0 Å². The number of pyridine rings is 3. The maximum atomic E-state index is 12.2. The summed E-state index contributed by atoms with van der Waals surface area (Å²) in [7, 11) is 21.6. The number of para-hydroxylation sites is 1. The average molecular weight is 1310 g/mol. The molecule has 8 aromatic rings. The van der Waals surface area contributed by atoms with Crippen LogP contribution in [0.1, 0.15) is 85.3 Å². The van der Waals surface area contributed by atoms with Gasteiger partial charge in [0, 0.05) is 122 Å². The van der Waals surface area contributed by atoms with Gasteiger partial charge in [0.25, 0.3) is 0 Å². The maximum Gasteiger partial charge on any atom is 0.416 e. The number of piperazine rings is 1. The van der Waals surface area contributed by atoms with Gasteiger partial charge < -0.3 is 63.0 Å². The minimum Gasteiger partial charge on any atom is -0.388 e. The summed E-state index contributed by atoms with van der Waals surface area (Å²) in [6, 6.07) is 51.1. The highest BCUT2D eigenvalue weighted by atomic mass is 19.4. The van der Waals surface area contributed by atoms with E-state index < -0.39 is 11.7 Å². The summed E-state index contributed by atoms with van der Waals surface area (Å²) in [5.74, 6) is 0. The molecule has 0 radical (unpaired) electrons. The van der Waals surface area contributed by atoms with Crippen LogP contribution in [0.5, 0.6) is 0 Å². The van der Waals surface area contributed by atoms with Gasteiger partial charge in [0.1, 0.15) is 0 Å². The molecule has 0 aliphatic carbocycles. The monoisotopic (exact) mass is 1310 g/mol. The molecule has 0 atom stereocenters. The predicted molar refractivity (Wildman–Crippen MR) is 398 cm³/mol. The van der Waals surface area contributed by atoms with Gasteiger partial charge in [0.15, 0.2) is 0 Å². The van der Waals surface area contributed by atoms with E-state index >= 15 is 0 Å². The number of nitrogens with zero attached hydrogens (tertiary/aromatic N) is 5. The van der Waals surface area contributed by atoms with E-state index in [0.717, 1.165) is 76.7 Å². The van der Waals surface area contributed by atoms with Crippen molar-refractivity contribution in [2.75, 3.05) is 122 Å². The highest BCUT2D eigenvalue weighted by Crippen LogP contribution is 2.29. The zero-order valence-electron chi connectivity index (χ0n) is 60.1. The van der Waals surface area contributed by atoms with E-state index in [9.17, 15) is 13.2 Å². The third kappa shape index (κ3) is 44.9. The van der Waals surface area contributed by atoms with Gasteiger partial charge in [-0.15, -0.1) is 0 Å². The molecule has 2 aliphatic heterocycles. The van der Waals surface area contributed by atoms with Crippen molar-refractivity contribution in [1.82, 2.24) is 72.6 Å². The van der Waals surface area contributed by atoms with Crippen molar-refractivity contribution in [3.63, 3.8) is 0 Å². The van der Waals surface area contributed by atoms with Crippen molar-refractivity contribution < 1.29 is 13.2 Å². The Morgan fingerprint density at radius 3 is 1.29 bits per heavy atom. The van der Waals surface area contributed by atoms with Crippen molar-refractivity contribution in [3.05, 3.63) is 261 Å². The zero-order chi connectivity index (χ0) is 70.2. The second-order valence-electron chi connectivity index (χ2n) is 22.8. The van der Waals surface area contributed by atoms with Crippen molar-refractivity contribution in [2.24, 2.45) is 0 Å². The molecule has 2 saturated heterocycles. The Morgan fingerprint density at radius 2 is 0.863 bits per heavy atom. The van der Waals surface area contributed by atoms with E-state index in [1.165, 1.54) is 106 Å². The first-order valence-corrected chi connectivity index (χ1v) is 32.9. The Morgan fingerprint density at radius 1 is 0.400 bits per heavy atom. The smallest absolute Gasteiger partial charge is 0.388 e. The number of nitrogens with one attached hydrogen (secondary N) is 10. The van der Waals surface area contributed by atoms with Gasteiger partial charge in [-0.1, -0.05) is 126 Å². The van der Waals surface area contributed by atoms with Crippen LogP contribution in [0.4, 0.5) is 18.9 Å². The lowest BCUT2D eigenvalue weighted by Crippen LogP contribution is -2.40. The zero-order valence-corrected chi connectivity index (χ0v) is 60.1. The summed E-state index contributed by atoms with van der Waals surface area (Å²) >= 11 is 0. The summed E-state index contributed by atoms with van der Waals surface area (Å²) in [4.78, 5) is 16.7. The Labute approximate surface area is 571 Å². The molecule has 522 valence electrons. The number of anilines is 1. The number of alkyl halides is 3. The van der Waals surface area contributed by atoms with Crippen LogP contribution in [0.3, 0.4) is 0 Å². The largest absolute Gasteiger partial charge is 0.416 e. The summed E-state index contributed by atoms with van der Waals surface area (Å²) < 4.78 is 36.6. The van der Waals surface area contributed by atoms with Crippen molar-refractivity contribution in [1.29, 1.82) is 0 Å². The number of benzene rings is 5. The number of likely N-dealkylation sites (tertiary alicyclic amines) is 1. The highest BCUT2D eigenvalue weighted by Gasteiger charge is 2.30. The summed E-state index contributed by atoms with van der Waals surface area (Å²) in [5, 5.41) is 30.8. The second kappa shape index (κ2) is 55.9. The Bertz CT molecular complexity index is 2870. The fourth-order valence-corrected chi connectivity index (χ4v) is 8.86. The summed E-state index contributed by atoms with van der Waals surface area (Å²) in [6.07, 6.45) is 7.61. The third-order valence-corrected chi connectivity index (χ3v) is 14.2. The van der Waals surface area contributed by atoms with Crippen molar-refractivity contribution in [2.45, 2.75) is 99.1 Å². The average Bonchev–Trinajstić information content (AvgIpc) is 2.24. The molecule has 3 aromatic heterocycles. The first-order chi connectivity index (χ1) is 45.9. The number of halogens is 3. The fraction of sp³-hybridized carbons (Fsp3) is 0.416. The lowest BCUT2D eigenvalue weighted by atomic mass is 10.1. The van der Waals surface area contributed by atoms with Crippen LogP contribution in [0, 0.1) is 27.7 Å². The molecule has 15 nitrogen and oxygen atoms in total. The normalized spacial score (nSPS) is 12.1. The molecule has 18 heteroatoms. The quantitative estimate of drug-likeness (QED) is 0.0418. The minimum atomic E-state index is -4.25. The van der Waals surface area contributed by atoms with Crippen molar-refractivity contribution >= 4 is 5.69 Å². The molecule has 0 saturated carbocycles. The Hall–Kier alpha value is -7.30. The van der Waals surface area contributed by atoms with Gasteiger partial charge in [0.2, 0.25) is 0 Å². The molecule has 2 fully saturated rings. The molecule has 5 aromatic carbocycles. The number of rotatable bonds is 17. The number of hydrogen-bond donors (Lipinski definition) is 10. The third-order valence-electron chi connectivity index (χ3n) is 14.2. The van der Waals surface area contributed by atoms with Gasteiger partial charge in [-0.3, -0.25) is 15.0 Å². The van der Waals surface area contributed by atoms with E-state index in [-0.39, 0.29) is 0 Å². The molecule has 0 spiro atoms. The Balaban J connectivity index is 0.000000530. The molecule has 95 heavy (non-hydrogen) atoms. The number of aromatic nitrogens is 3. The number of aryl methyl sites for hydroxylation is 4. The van der Waals surface area contributed by atoms with Crippen LogP contribution < -0.4 is 53.2 Å². The lowest BCUT2D eigenvalue weighted by molar-refractivity contribution is -0.137. The van der Waals surface area contributed by atoms with Crippen LogP contribution in [0.25, 0.3) is 0 Å². The molecular weight excluding hydrogens is 1190 g/mol. The molecule has 0 amide bonds. The summed E-state index contributed by atoms with van der Waals surface area (Å²) in [6.45, 7) is 22.8. The van der Waals surface area contributed by atoms with Gasteiger partial charge in [0.05, 0.1) is 11.3 Å². The molecule has 10 rings (SSSR count). The molecular formula is C77H118F3N15. The maximum absolute atomic E-state index is 12.2. The van der Waals surface area contributed by atoms with E-state index in [2.05, 4.69) is 199 Å². The molecule has 5 heterocycles. The van der Waals surface area contributed by atoms with Gasteiger partial charge >= 0.3 is 6.18 Å². The van der Waals surface area contributed by atoms with Gasteiger partial charge in [-0.2, -0.15) is 13.2 Å².